The summed E-state index contributed by atoms with van der Waals surface area (Å²) in [5.41, 5.74) is 6.50. The Morgan fingerprint density at radius 2 is 1.86 bits per heavy atom. The number of rotatable bonds is 12. The molecule has 2 amide bonds. The van der Waals surface area contributed by atoms with Gasteiger partial charge in [-0.05, 0) is 99.0 Å². The minimum atomic E-state index is -0.827. The third kappa shape index (κ3) is 7.72. The van der Waals surface area contributed by atoms with Gasteiger partial charge in [0.2, 0.25) is 0 Å². The van der Waals surface area contributed by atoms with E-state index in [-0.39, 0.29) is 24.1 Å². The zero-order valence-corrected chi connectivity index (χ0v) is 29.6. The maximum atomic E-state index is 13.0. The molecule has 0 saturated carbocycles. The molecule has 2 saturated heterocycles. The van der Waals surface area contributed by atoms with E-state index in [1.54, 1.807) is 28.4 Å². The Hall–Kier alpha value is -4.27. The topological polar surface area (TPSA) is 72.3 Å². The number of benzene rings is 2. The highest BCUT2D eigenvalue weighted by atomic mass is 35.5. The maximum Gasteiger partial charge on any atom is 0.333 e. The predicted molar refractivity (Wildman–Crippen MR) is 196 cm³/mol. The highest BCUT2D eigenvalue weighted by molar-refractivity contribution is 6.31. The Labute approximate surface area is 300 Å². The molecule has 50 heavy (non-hydrogen) atoms. The van der Waals surface area contributed by atoms with Gasteiger partial charge in [0.25, 0.3) is 0 Å². The van der Waals surface area contributed by atoms with Crippen LogP contribution in [-0.4, -0.2) is 64.9 Å². The van der Waals surface area contributed by atoms with Gasteiger partial charge in [-0.25, -0.2) is 4.79 Å². The van der Waals surface area contributed by atoms with Crippen molar-refractivity contribution in [3.8, 4) is 5.75 Å². The van der Waals surface area contributed by atoms with Crippen LogP contribution < -0.4 is 14.5 Å². The number of carbonyl (C=O) groups excluding carboxylic acids is 1. The molecule has 0 N–H and O–H groups in total. The van der Waals surface area contributed by atoms with Gasteiger partial charge in [-0.3, -0.25) is 14.5 Å². The fourth-order valence-corrected chi connectivity index (χ4v) is 7.35. The first-order valence-corrected chi connectivity index (χ1v) is 18.2. The molecule has 4 heterocycles. The lowest BCUT2D eigenvalue weighted by Gasteiger charge is -2.35. The fourth-order valence-electron chi connectivity index (χ4n) is 7.19. The van der Waals surface area contributed by atoms with E-state index in [1.807, 2.05) is 41.2 Å². The number of halogens is 1. The lowest BCUT2D eigenvalue weighted by molar-refractivity contribution is -0.206. The van der Waals surface area contributed by atoms with Crippen molar-refractivity contribution in [3.63, 3.8) is 0 Å². The van der Waals surface area contributed by atoms with Crippen LogP contribution in [0.1, 0.15) is 45.1 Å². The summed E-state index contributed by atoms with van der Waals surface area (Å²) in [5.74, 6) is 0.667. The minimum absolute atomic E-state index is 0.0268. The standard InChI is InChI=1S/C40H46ClN5O4/c1-3-30(2)45-22-5-23-46(39(45)47)36-14-12-35(13-15-36)43-24-18-32(19-25-43)26-31-6-16-37(17-7-31)48-27-38-28-49-40(50-38,29-44-21-4-20-42-44)33-8-10-34(41)11-9-33/h4,6-8,10-17,20-23,30,32-33,38H,3,9,18-19,24-29H2,1-2H3/t30?,33?,38-,40-/m1/s1. The van der Waals surface area contributed by atoms with E-state index in [0.717, 1.165) is 61.7 Å². The molecule has 262 valence electrons. The normalized spacial score (nSPS) is 24.6. The molecule has 9 nitrogen and oxygen atoms in total. The second-order valence-corrected chi connectivity index (χ2v) is 14.1. The number of allylic oxidation sites excluding steroid dienone is 3. The lowest BCUT2D eigenvalue weighted by Crippen LogP contribution is -2.44. The van der Waals surface area contributed by atoms with Crippen molar-refractivity contribution in [2.75, 3.05) is 36.1 Å². The Balaban J connectivity index is 0.872. The first-order valence-electron chi connectivity index (χ1n) is 17.8. The number of urea groups is 1. The van der Waals surface area contributed by atoms with Crippen LogP contribution in [-0.2, 0) is 22.4 Å². The molecule has 4 atom stereocenters. The van der Waals surface area contributed by atoms with Crippen molar-refractivity contribution in [1.29, 1.82) is 0 Å². The van der Waals surface area contributed by atoms with E-state index in [9.17, 15) is 4.79 Å². The minimum Gasteiger partial charge on any atom is -0.491 e. The summed E-state index contributed by atoms with van der Waals surface area (Å²) in [7, 11) is 0. The third-order valence-electron chi connectivity index (χ3n) is 10.3. The van der Waals surface area contributed by atoms with Gasteiger partial charge in [-0.2, -0.15) is 5.10 Å². The number of anilines is 2. The Bertz CT molecular complexity index is 1730. The van der Waals surface area contributed by atoms with Crippen molar-refractivity contribution in [1.82, 2.24) is 14.7 Å². The van der Waals surface area contributed by atoms with E-state index in [2.05, 4.69) is 72.1 Å². The summed E-state index contributed by atoms with van der Waals surface area (Å²) in [6.07, 6.45) is 17.9. The molecule has 1 aliphatic carbocycles. The molecule has 2 unspecified atom stereocenters. The fraction of sp³-hybridized carbons (Fsp3) is 0.425. The molecule has 2 aromatic carbocycles. The van der Waals surface area contributed by atoms with Gasteiger partial charge >= 0.3 is 6.03 Å². The maximum absolute atomic E-state index is 13.0. The first kappa shape index (κ1) is 34.2. The lowest BCUT2D eigenvalue weighted by atomic mass is 9.90. The molecule has 0 radical (unpaired) electrons. The number of hydrogen-bond donors (Lipinski definition) is 0. The van der Waals surface area contributed by atoms with Gasteiger partial charge in [0.05, 0.1) is 31.2 Å². The molecule has 4 aliphatic rings. The number of carbonyl (C=O) groups is 1. The highest BCUT2D eigenvalue weighted by Gasteiger charge is 2.48. The number of nitrogens with zero attached hydrogens (tertiary/aromatic N) is 5. The first-order chi connectivity index (χ1) is 24.4. The average molecular weight is 696 g/mol. The molecule has 1 aromatic heterocycles. The largest absolute Gasteiger partial charge is 0.491 e. The van der Waals surface area contributed by atoms with Crippen molar-refractivity contribution >= 4 is 29.0 Å². The van der Waals surface area contributed by atoms with Crippen molar-refractivity contribution in [2.45, 2.75) is 70.4 Å². The second-order valence-electron chi connectivity index (χ2n) is 13.7. The van der Waals surface area contributed by atoms with Crippen molar-refractivity contribution in [2.24, 2.45) is 11.8 Å². The summed E-state index contributed by atoms with van der Waals surface area (Å²) >= 11 is 6.20. The number of hydrogen-bond acceptors (Lipinski definition) is 6. The monoisotopic (exact) mass is 695 g/mol. The molecule has 7 rings (SSSR count). The zero-order chi connectivity index (χ0) is 34.5. The summed E-state index contributed by atoms with van der Waals surface area (Å²) in [5, 5.41) is 5.13. The van der Waals surface area contributed by atoms with E-state index in [1.165, 1.54) is 11.3 Å². The quantitative estimate of drug-likeness (QED) is 0.180. The summed E-state index contributed by atoms with van der Waals surface area (Å²) in [6, 6.07) is 18.8. The molecule has 3 aromatic rings. The Kier molecular flexibility index (Phi) is 10.5. The van der Waals surface area contributed by atoms with Gasteiger partial charge in [-0.1, -0.05) is 48.5 Å². The van der Waals surface area contributed by atoms with E-state index in [0.29, 0.717) is 25.7 Å². The van der Waals surface area contributed by atoms with Crippen molar-refractivity contribution in [3.05, 3.63) is 114 Å². The van der Waals surface area contributed by atoms with Crippen LogP contribution in [0.4, 0.5) is 16.2 Å². The molecule has 3 aliphatic heterocycles. The number of amides is 2. The van der Waals surface area contributed by atoms with Crippen LogP contribution in [0.3, 0.4) is 0 Å². The van der Waals surface area contributed by atoms with E-state index < -0.39 is 5.79 Å². The van der Waals surface area contributed by atoms with Crippen LogP contribution >= 0.6 is 11.6 Å². The van der Waals surface area contributed by atoms with E-state index >= 15 is 0 Å². The number of ether oxygens (including phenoxy) is 3. The second kappa shape index (κ2) is 15.3. The van der Waals surface area contributed by atoms with Gasteiger partial charge in [0.1, 0.15) is 18.5 Å². The van der Waals surface area contributed by atoms with Gasteiger partial charge in [0, 0.05) is 48.2 Å². The summed E-state index contributed by atoms with van der Waals surface area (Å²) in [4.78, 5) is 18.9. The number of piperidine rings is 1. The zero-order valence-electron chi connectivity index (χ0n) is 28.9. The Morgan fingerprint density at radius 1 is 1.08 bits per heavy atom. The van der Waals surface area contributed by atoms with Crippen LogP contribution in [0.2, 0.25) is 0 Å². The summed E-state index contributed by atoms with van der Waals surface area (Å²) < 4.78 is 21.0. The average Bonchev–Trinajstić information content (AvgIpc) is 3.82. The molecule has 10 heteroatoms. The molecular weight excluding hydrogens is 650 g/mol. The van der Waals surface area contributed by atoms with Gasteiger partial charge in [-0.15, -0.1) is 0 Å². The summed E-state index contributed by atoms with van der Waals surface area (Å²) in [6.45, 7) is 7.53. The van der Waals surface area contributed by atoms with Crippen LogP contribution in [0.15, 0.2) is 108 Å². The van der Waals surface area contributed by atoms with Gasteiger partial charge in [0.15, 0.2) is 5.79 Å². The molecule has 0 bridgehead atoms. The van der Waals surface area contributed by atoms with Crippen LogP contribution in [0.25, 0.3) is 0 Å². The Morgan fingerprint density at radius 3 is 2.56 bits per heavy atom. The molecular formula is C40H46ClN5O4. The predicted octanol–water partition coefficient (Wildman–Crippen LogP) is 7.90. The SMILES string of the molecule is CCC(C)N1C=C=CN(c2ccc(N3CCC(Cc4ccc(OC[C@@H]5CO[C@@](Cn6cccn6)(C6C=CC(Cl)=CC6)O5)cc4)CC3)cc2)C1=O. The van der Waals surface area contributed by atoms with E-state index in [4.69, 9.17) is 25.8 Å². The van der Waals surface area contributed by atoms with Crippen LogP contribution in [0.5, 0.6) is 5.75 Å². The molecule has 2 fully saturated rings. The van der Waals surface area contributed by atoms with Crippen molar-refractivity contribution < 1.29 is 19.0 Å². The number of aromatic nitrogens is 2. The van der Waals surface area contributed by atoms with Gasteiger partial charge < -0.3 is 19.1 Å². The third-order valence-corrected chi connectivity index (χ3v) is 10.6. The molecule has 0 spiro atoms. The van der Waals surface area contributed by atoms with Crippen LogP contribution in [0, 0.1) is 11.8 Å². The highest BCUT2D eigenvalue weighted by Crippen LogP contribution is 2.39. The smallest absolute Gasteiger partial charge is 0.333 e.